The molecule has 2 aromatic rings. The first-order chi connectivity index (χ1) is 7.33. The molecule has 0 atom stereocenters. The van der Waals surface area contributed by atoms with Crippen LogP contribution in [0.5, 0.6) is 5.75 Å². The van der Waals surface area contributed by atoms with Crippen LogP contribution in [-0.2, 0) is 4.79 Å². The minimum absolute atomic E-state index is 0.202. The fourth-order valence-electron chi connectivity index (χ4n) is 1.32. The van der Waals surface area contributed by atoms with Crippen molar-refractivity contribution in [2.75, 3.05) is 7.11 Å². The molecule has 2 rings (SSSR count). The summed E-state index contributed by atoms with van der Waals surface area (Å²) in [4.78, 5) is 10.3. The van der Waals surface area contributed by atoms with Gasteiger partial charge in [-0.3, -0.25) is 4.79 Å². The maximum Gasteiger partial charge on any atom is 0.271 e. The Labute approximate surface area is 87.3 Å². The summed E-state index contributed by atoms with van der Waals surface area (Å²) in [6, 6.07) is 10.8. The Hall–Kier alpha value is -2.03. The highest BCUT2D eigenvalue weighted by Crippen LogP contribution is 2.24. The van der Waals surface area contributed by atoms with Crippen molar-refractivity contribution in [1.29, 1.82) is 0 Å². The predicted octanol–water partition coefficient (Wildman–Crippen LogP) is 2.41. The maximum atomic E-state index is 10.3. The molecule has 0 saturated carbocycles. The van der Waals surface area contributed by atoms with Gasteiger partial charge in [0.1, 0.15) is 11.5 Å². The van der Waals surface area contributed by atoms with Crippen molar-refractivity contribution >= 4 is 6.29 Å². The van der Waals surface area contributed by atoms with Gasteiger partial charge in [-0.1, -0.05) is 12.1 Å². The summed E-state index contributed by atoms with van der Waals surface area (Å²) in [5, 5.41) is 0. The van der Waals surface area contributed by atoms with E-state index in [1.54, 1.807) is 25.5 Å². The quantitative estimate of drug-likeness (QED) is 0.765. The Balaban J connectivity index is 2.39. The smallest absolute Gasteiger partial charge is 0.271 e. The molecule has 75 valence electrons. The molecule has 15 heavy (non-hydrogen) atoms. The molecule has 0 aliphatic heterocycles. The fourth-order valence-corrected chi connectivity index (χ4v) is 1.32. The molecule has 0 saturated heterocycles. The molecular weight excluding hydrogens is 192 g/mol. The Morgan fingerprint density at radius 3 is 2.80 bits per heavy atom. The molecule has 1 aromatic carbocycles. The molecule has 0 aliphatic rings. The van der Waals surface area contributed by atoms with Gasteiger partial charge in [0, 0.05) is 5.56 Å². The Kier molecular flexibility index (Phi) is 2.54. The summed E-state index contributed by atoms with van der Waals surface area (Å²) in [6.07, 6.45) is 1.70. The van der Waals surface area contributed by atoms with Crippen molar-refractivity contribution in [2.45, 2.75) is 0 Å². The van der Waals surface area contributed by atoms with Gasteiger partial charge in [0.15, 0.2) is 5.76 Å². The van der Waals surface area contributed by atoms with Crippen LogP contribution >= 0.6 is 0 Å². The van der Waals surface area contributed by atoms with Crippen LogP contribution in [0.1, 0.15) is 5.76 Å². The molecule has 0 fully saturated rings. The normalized spacial score (nSPS) is 9.93. The molecule has 1 aromatic heterocycles. The van der Waals surface area contributed by atoms with E-state index in [-0.39, 0.29) is 5.76 Å². The second-order valence-electron chi connectivity index (χ2n) is 3.00. The molecule has 0 aliphatic carbocycles. The van der Waals surface area contributed by atoms with Gasteiger partial charge >= 0.3 is 0 Å². The predicted molar refractivity (Wildman–Crippen MR) is 55.5 cm³/mol. The fraction of sp³-hybridized carbons (Fsp3) is 0.0833. The van der Waals surface area contributed by atoms with Crippen LogP contribution < -0.4 is 4.74 Å². The van der Waals surface area contributed by atoms with E-state index in [9.17, 15) is 4.79 Å². The van der Waals surface area contributed by atoms with E-state index in [1.807, 2.05) is 24.3 Å². The summed E-state index contributed by atoms with van der Waals surface area (Å²) in [5.41, 5.74) is 0.871. The van der Waals surface area contributed by atoms with Crippen LogP contribution in [0.4, 0.5) is 0 Å². The Morgan fingerprint density at radius 2 is 2.13 bits per heavy atom. The third kappa shape index (κ3) is 1.91. The van der Waals surface area contributed by atoms with E-state index in [4.69, 9.17) is 9.15 Å². The summed E-state index contributed by atoms with van der Waals surface area (Å²) in [7, 11) is 1.60. The lowest BCUT2D eigenvalue weighted by molar-refractivity contribution is 0.415. The molecule has 1 heterocycles. The van der Waals surface area contributed by atoms with Crippen molar-refractivity contribution in [1.82, 2.24) is 0 Å². The molecule has 0 bridgehead atoms. The molecule has 3 heteroatoms. The summed E-state index contributed by atoms with van der Waals surface area (Å²) < 4.78 is 10.3. The molecule has 3 nitrogen and oxygen atoms in total. The number of benzene rings is 1. The van der Waals surface area contributed by atoms with E-state index in [0.29, 0.717) is 5.76 Å². The van der Waals surface area contributed by atoms with Crippen molar-refractivity contribution in [3.8, 4) is 17.1 Å². The minimum atomic E-state index is 0.202. The van der Waals surface area contributed by atoms with Gasteiger partial charge in [-0.05, 0) is 24.3 Å². The van der Waals surface area contributed by atoms with E-state index < -0.39 is 0 Å². The number of hydrogen-bond donors (Lipinski definition) is 0. The summed E-state index contributed by atoms with van der Waals surface area (Å²) in [6.45, 7) is 0. The number of methoxy groups -OCH3 is 1. The largest absolute Gasteiger partial charge is 0.497 e. The zero-order valence-corrected chi connectivity index (χ0v) is 8.19. The first kappa shape index (κ1) is 9.52. The standard InChI is InChI=1S/C12H9O3/c1-14-10-4-2-3-9(7-10)12-6-5-11(8-13)15-12/h2-7H,1H3. The highest BCUT2D eigenvalue weighted by Gasteiger charge is 2.05. The lowest BCUT2D eigenvalue weighted by Gasteiger charge is -2.01. The summed E-state index contributed by atoms with van der Waals surface area (Å²) >= 11 is 0. The zero-order valence-electron chi connectivity index (χ0n) is 8.19. The van der Waals surface area contributed by atoms with Gasteiger partial charge in [-0.15, -0.1) is 0 Å². The lowest BCUT2D eigenvalue weighted by Crippen LogP contribution is -1.82. The first-order valence-electron chi connectivity index (χ1n) is 4.46. The monoisotopic (exact) mass is 201 g/mol. The second-order valence-corrected chi connectivity index (χ2v) is 3.00. The average Bonchev–Trinajstić information content (AvgIpc) is 2.78. The van der Waals surface area contributed by atoms with Crippen LogP contribution in [0.15, 0.2) is 40.8 Å². The van der Waals surface area contributed by atoms with Crippen molar-refractivity contribution < 1.29 is 13.9 Å². The highest BCUT2D eigenvalue weighted by atomic mass is 16.5. The molecule has 0 N–H and O–H groups in total. The highest BCUT2D eigenvalue weighted by molar-refractivity contribution is 5.73. The lowest BCUT2D eigenvalue weighted by atomic mass is 10.2. The molecule has 1 radical (unpaired) electrons. The summed E-state index contributed by atoms with van der Waals surface area (Å²) in [5.74, 6) is 1.58. The number of furan rings is 1. The van der Waals surface area contributed by atoms with E-state index >= 15 is 0 Å². The second kappa shape index (κ2) is 4.00. The van der Waals surface area contributed by atoms with Crippen molar-refractivity contribution in [3.05, 3.63) is 42.2 Å². The topological polar surface area (TPSA) is 39.4 Å². The van der Waals surface area contributed by atoms with Gasteiger partial charge in [-0.25, -0.2) is 0 Å². The van der Waals surface area contributed by atoms with E-state index in [2.05, 4.69) is 0 Å². The number of ether oxygens (including phenoxy) is 1. The first-order valence-corrected chi connectivity index (χ1v) is 4.46. The molecular formula is C12H9O3. The van der Waals surface area contributed by atoms with Gasteiger partial charge in [0.05, 0.1) is 7.11 Å². The van der Waals surface area contributed by atoms with Crippen molar-refractivity contribution in [3.63, 3.8) is 0 Å². The Morgan fingerprint density at radius 1 is 1.27 bits per heavy atom. The van der Waals surface area contributed by atoms with Crippen LogP contribution in [0.3, 0.4) is 0 Å². The van der Waals surface area contributed by atoms with Crippen LogP contribution in [0, 0.1) is 0 Å². The SMILES string of the molecule is COc1cccc(-c2ccc([C]=O)o2)c1. The van der Waals surface area contributed by atoms with Gasteiger partial charge in [0.25, 0.3) is 6.29 Å². The molecule has 0 spiro atoms. The van der Waals surface area contributed by atoms with Gasteiger partial charge in [-0.2, -0.15) is 0 Å². The maximum absolute atomic E-state index is 10.3. The van der Waals surface area contributed by atoms with Gasteiger partial charge < -0.3 is 9.15 Å². The van der Waals surface area contributed by atoms with Crippen molar-refractivity contribution in [2.24, 2.45) is 0 Å². The van der Waals surface area contributed by atoms with E-state index in [1.165, 1.54) is 0 Å². The van der Waals surface area contributed by atoms with E-state index in [0.717, 1.165) is 11.3 Å². The number of hydrogen-bond acceptors (Lipinski definition) is 3. The third-order valence-corrected chi connectivity index (χ3v) is 2.06. The van der Waals surface area contributed by atoms with Crippen LogP contribution in [0.25, 0.3) is 11.3 Å². The molecule has 0 unspecified atom stereocenters. The van der Waals surface area contributed by atoms with Crippen LogP contribution in [0.2, 0.25) is 0 Å². The average molecular weight is 201 g/mol. The number of rotatable bonds is 3. The zero-order chi connectivity index (χ0) is 10.7. The van der Waals surface area contributed by atoms with Gasteiger partial charge in [0.2, 0.25) is 0 Å². The molecule has 0 amide bonds. The minimum Gasteiger partial charge on any atom is -0.497 e. The Bertz CT molecular complexity index is 471. The van der Waals surface area contributed by atoms with Crippen LogP contribution in [-0.4, -0.2) is 13.4 Å². The number of carbonyl (C=O) groups excluding carboxylic acids is 1. The third-order valence-electron chi connectivity index (χ3n) is 2.06.